The number of anilines is 1. The van der Waals surface area contributed by atoms with Gasteiger partial charge in [-0.25, -0.2) is 4.79 Å². The van der Waals surface area contributed by atoms with Gasteiger partial charge in [0, 0.05) is 17.2 Å². The van der Waals surface area contributed by atoms with Crippen LogP contribution in [0.1, 0.15) is 30.3 Å². The number of halogens is 2. The predicted octanol–water partition coefficient (Wildman–Crippen LogP) is 5.65. The minimum absolute atomic E-state index is 0.182. The van der Waals surface area contributed by atoms with E-state index in [1.165, 1.54) is 12.0 Å². The van der Waals surface area contributed by atoms with Crippen LogP contribution in [0.25, 0.3) is 0 Å². The average Bonchev–Trinajstić information content (AvgIpc) is 3.08. The Morgan fingerprint density at radius 2 is 1.51 bits per heavy atom. The van der Waals surface area contributed by atoms with Gasteiger partial charge in [-0.05, 0) is 66.7 Å². The minimum atomic E-state index is -1.41. The largest absolute Gasteiger partial charge is 0.452 e. The summed E-state index contributed by atoms with van der Waals surface area (Å²) in [6.45, 7) is 1.65. The summed E-state index contributed by atoms with van der Waals surface area (Å²) in [6.07, 6.45) is -2.03. The quantitative estimate of drug-likeness (QED) is 0.316. The molecule has 0 spiro atoms. The highest BCUT2D eigenvalue weighted by molar-refractivity contribution is 7.80. The maximum atomic E-state index is 13.8. The number of methoxy groups -OCH3 is 1. The molecule has 0 saturated carbocycles. The van der Waals surface area contributed by atoms with Crippen molar-refractivity contribution in [3.05, 3.63) is 100 Å². The minimum Gasteiger partial charge on any atom is -0.452 e. The molecule has 1 N–H and O–H groups in total. The highest BCUT2D eigenvalue weighted by atomic mass is 35.5. The van der Waals surface area contributed by atoms with Crippen LogP contribution >= 0.6 is 35.4 Å². The van der Waals surface area contributed by atoms with Crippen molar-refractivity contribution in [1.82, 2.24) is 5.32 Å². The summed E-state index contributed by atoms with van der Waals surface area (Å²) in [5.41, 5.74) is 0.328. The van der Waals surface area contributed by atoms with E-state index in [0.717, 1.165) is 0 Å². The molecule has 1 amide bonds. The first-order valence-electron chi connectivity index (χ1n) is 10.7. The third-order valence-corrected chi connectivity index (χ3v) is 6.57. The summed E-state index contributed by atoms with van der Waals surface area (Å²) in [5.74, 6) is -1.03. The first kappa shape index (κ1) is 25.1. The molecule has 3 aromatic carbocycles. The van der Waals surface area contributed by atoms with E-state index in [2.05, 4.69) is 5.32 Å². The number of nitrogens with one attached hydrogen (secondary N) is 1. The Morgan fingerprint density at radius 3 is 2.09 bits per heavy atom. The van der Waals surface area contributed by atoms with Gasteiger partial charge in [0.05, 0.1) is 5.69 Å². The maximum Gasteiger partial charge on any atom is 0.340 e. The smallest absolute Gasteiger partial charge is 0.340 e. The van der Waals surface area contributed by atoms with E-state index in [1.54, 1.807) is 79.7 Å². The molecule has 3 aromatic rings. The van der Waals surface area contributed by atoms with E-state index in [-0.39, 0.29) is 11.0 Å². The molecule has 1 fully saturated rings. The highest BCUT2D eigenvalue weighted by Gasteiger charge is 2.54. The number of hydrogen-bond donors (Lipinski definition) is 1. The van der Waals surface area contributed by atoms with Crippen LogP contribution in [0.2, 0.25) is 10.0 Å². The van der Waals surface area contributed by atoms with Crippen molar-refractivity contribution in [1.29, 1.82) is 0 Å². The van der Waals surface area contributed by atoms with Crippen molar-refractivity contribution in [2.75, 3.05) is 12.0 Å². The summed E-state index contributed by atoms with van der Waals surface area (Å²) in [7, 11) is 1.42. The lowest BCUT2D eigenvalue weighted by Crippen LogP contribution is -2.51. The van der Waals surface area contributed by atoms with E-state index in [0.29, 0.717) is 26.9 Å². The molecule has 1 aliphatic heterocycles. The Bertz CT molecular complexity index is 1240. The number of amides is 1. The van der Waals surface area contributed by atoms with E-state index >= 15 is 0 Å². The monoisotopic (exact) mass is 528 g/mol. The van der Waals surface area contributed by atoms with Gasteiger partial charge in [0.2, 0.25) is 0 Å². The van der Waals surface area contributed by atoms with Crippen molar-refractivity contribution >= 4 is 58.1 Å². The van der Waals surface area contributed by atoms with Crippen molar-refractivity contribution in [3.63, 3.8) is 0 Å². The Kier molecular flexibility index (Phi) is 7.42. The first-order valence-corrected chi connectivity index (χ1v) is 11.9. The maximum absolute atomic E-state index is 13.8. The Morgan fingerprint density at radius 1 is 0.943 bits per heavy atom. The first-order chi connectivity index (χ1) is 16.7. The highest BCUT2D eigenvalue weighted by Crippen LogP contribution is 2.38. The van der Waals surface area contributed by atoms with Crippen LogP contribution in [0.5, 0.6) is 0 Å². The van der Waals surface area contributed by atoms with E-state index in [4.69, 9.17) is 44.9 Å². The molecule has 0 aromatic heterocycles. The summed E-state index contributed by atoms with van der Waals surface area (Å²) in [4.78, 5) is 28.5. The Labute approximate surface area is 218 Å². The van der Waals surface area contributed by atoms with Crippen molar-refractivity contribution in [2.45, 2.75) is 24.7 Å². The summed E-state index contributed by atoms with van der Waals surface area (Å²) < 4.78 is 11.4. The van der Waals surface area contributed by atoms with Gasteiger partial charge >= 0.3 is 5.97 Å². The fourth-order valence-electron chi connectivity index (χ4n) is 3.99. The molecule has 3 atom stereocenters. The van der Waals surface area contributed by atoms with Crippen LogP contribution in [0.4, 0.5) is 5.69 Å². The van der Waals surface area contributed by atoms with Gasteiger partial charge in [0.1, 0.15) is 0 Å². The zero-order valence-electron chi connectivity index (χ0n) is 18.9. The fraction of sp³-hybridized carbons (Fsp3) is 0.192. The number of thiocarbonyl (C=S) groups is 1. The molecule has 1 saturated heterocycles. The second-order valence-electron chi connectivity index (χ2n) is 8.14. The molecule has 0 unspecified atom stereocenters. The van der Waals surface area contributed by atoms with Crippen LogP contribution in [-0.2, 0) is 19.1 Å². The molecule has 1 heterocycles. The molecule has 180 valence electrons. The predicted molar refractivity (Wildman–Crippen MR) is 140 cm³/mol. The number of hydrogen-bond acceptors (Lipinski definition) is 5. The van der Waals surface area contributed by atoms with Crippen LogP contribution in [-0.4, -0.2) is 29.6 Å². The van der Waals surface area contributed by atoms with Gasteiger partial charge in [-0.15, -0.1) is 0 Å². The topological polar surface area (TPSA) is 67.9 Å². The second-order valence-corrected chi connectivity index (χ2v) is 9.40. The molecule has 0 radical (unpaired) electrons. The van der Waals surface area contributed by atoms with Crippen LogP contribution in [0.3, 0.4) is 0 Å². The third-order valence-electron chi connectivity index (χ3n) is 5.79. The number of rotatable bonds is 7. The molecule has 9 heteroatoms. The number of carbonyl (C=O) groups is 2. The van der Waals surface area contributed by atoms with Gasteiger partial charge in [-0.3, -0.25) is 9.69 Å². The zero-order valence-corrected chi connectivity index (χ0v) is 21.2. The average molecular weight is 529 g/mol. The van der Waals surface area contributed by atoms with E-state index in [9.17, 15) is 9.59 Å². The Balaban J connectivity index is 1.72. The number of benzene rings is 3. The Hall–Kier alpha value is -2.97. The molecule has 6 nitrogen and oxygen atoms in total. The van der Waals surface area contributed by atoms with Gasteiger partial charge in [0.15, 0.2) is 22.9 Å². The van der Waals surface area contributed by atoms with Crippen molar-refractivity contribution < 1.29 is 19.1 Å². The van der Waals surface area contributed by atoms with Crippen LogP contribution < -0.4 is 10.2 Å². The third kappa shape index (κ3) is 5.04. The molecule has 0 aliphatic carbocycles. The number of carbonyl (C=O) groups excluding carboxylic acids is 2. The standard InChI is InChI=1S/C26H22Cl2N2O4S/c1-26(24(32)30(25(35)29-26)20-14-12-19(28)13-15-20)22(17-8-10-18(27)11-9-17)34-23(31)21(33-2)16-6-4-3-5-7-16/h3-15,21-22H,1-2H3,(H,29,35)/t21-,22+,26-/m1/s1. The molecular formula is C26H22Cl2N2O4S. The second kappa shape index (κ2) is 10.3. The van der Waals surface area contributed by atoms with Gasteiger partial charge in [0.25, 0.3) is 5.91 Å². The number of ether oxygens (including phenoxy) is 2. The van der Waals surface area contributed by atoms with E-state index < -0.39 is 23.7 Å². The lowest BCUT2D eigenvalue weighted by atomic mass is 9.88. The van der Waals surface area contributed by atoms with Gasteiger partial charge < -0.3 is 14.8 Å². The fourth-order valence-corrected chi connectivity index (χ4v) is 4.64. The summed E-state index contributed by atoms with van der Waals surface area (Å²) in [5, 5.41) is 4.30. The SMILES string of the molecule is CO[C@@H](C(=O)O[C@@H](c1ccc(Cl)cc1)[C@@]1(C)NC(=S)N(c2ccc(Cl)cc2)C1=O)c1ccccc1. The molecular weight excluding hydrogens is 507 g/mol. The summed E-state index contributed by atoms with van der Waals surface area (Å²) in [6, 6.07) is 22.5. The van der Waals surface area contributed by atoms with Crippen LogP contribution in [0, 0.1) is 0 Å². The molecule has 1 aliphatic rings. The van der Waals surface area contributed by atoms with Gasteiger partial charge in [-0.1, -0.05) is 65.7 Å². The molecule has 0 bridgehead atoms. The number of esters is 1. The van der Waals surface area contributed by atoms with E-state index in [1.807, 2.05) is 6.07 Å². The van der Waals surface area contributed by atoms with Crippen molar-refractivity contribution in [2.24, 2.45) is 0 Å². The molecule has 35 heavy (non-hydrogen) atoms. The van der Waals surface area contributed by atoms with Crippen molar-refractivity contribution in [3.8, 4) is 0 Å². The number of nitrogens with zero attached hydrogens (tertiary/aromatic N) is 1. The van der Waals surface area contributed by atoms with Crippen LogP contribution in [0.15, 0.2) is 78.9 Å². The molecule has 4 rings (SSSR count). The summed E-state index contributed by atoms with van der Waals surface area (Å²) >= 11 is 17.6. The van der Waals surface area contributed by atoms with Gasteiger partial charge in [-0.2, -0.15) is 0 Å². The zero-order chi connectivity index (χ0) is 25.2. The normalized spacial score (nSPS) is 19.3. The lowest BCUT2D eigenvalue weighted by Gasteiger charge is -2.33. The lowest BCUT2D eigenvalue weighted by molar-refractivity contribution is -0.166.